The number of amides is 2. The van der Waals surface area contributed by atoms with Gasteiger partial charge in [-0.15, -0.1) is 0 Å². The lowest BCUT2D eigenvalue weighted by Gasteiger charge is -2.33. The summed E-state index contributed by atoms with van der Waals surface area (Å²) in [4.78, 5) is 28.2. The lowest BCUT2D eigenvalue weighted by molar-refractivity contribution is -0.140. The van der Waals surface area contributed by atoms with Gasteiger partial charge in [-0.3, -0.25) is 13.9 Å². The van der Waals surface area contributed by atoms with E-state index in [1.807, 2.05) is 0 Å². The van der Waals surface area contributed by atoms with Crippen LogP contribution in [0.25, 0.3) is 0 Å². The highest BCUT2D eigenvalue weighted by molar-refractivity contribution is 7.92. The van der Waals surface area contributed by atoms with Gasteiger partial charge in [-0.1, -0.05) is 66.5 Å². The molecule has 1 N–H and O–H groups in total. The molecule has 0 aliphatic carbocycles. The van der Waals surface area contributed by atoms with Crippen molar-refractivity contribution >= 4 is 50.7 Å². The second-order valence-corrected chi connectivity index (χ2v) is 11.2. The first-order chi connectivity index (χ1) is 18.6. The minimum Gasteiger partial charge on any atom is -0.492 e. The topological polar surface area (TPSA) is 96.0 Å². The van der Waals surface area contributed by atoms with Crippen LogP contribution < -0.4 is 14.4 Å². The predicted octanol–water partition coefficient (Wildman–Crippen LogP) is 5.14. The maximum atomic E-state index is 14.0. The van der Waals surface area contributed by atoms with E-state index < -0.39 is 34.4 Å². The Balaban J connectivity index is 2.14. The Labute approximate surface area is 239 Å². The van der Waals surface area contributed by atoms with Crippen LogP contribution in [0.4, 0.5) is 5.69 Å². The number of nitrogens with zero attached hydrogens (tertiary/aromatic N) is 2. The number of carbonyl (C=O) groups excluding carboxylic acids is 2. The first kappa shape index (κ1) is 30.3. The second-order valence-electron chi connectivity index (χ2n) is 8.49. The van der Waals surface area contributed by atoms with Crippen LogP contribution in [0.1, 0.15) is 25.8 Å². The summed E-state index contributed by atoms with van der Waals surface area (Å²) in [7, 11) is -2.74. The van der Waals surface area contributed by atoms with Crippen molar-refractivity contribution < 1.29 is 22.7 Å². The van der Waals surface area contributed by atoms with E-state index in [0.29, 0.717) is 21.4 Å². The van der Waals surface area contributed by atoms with Gasteiger partial charge in [0.1, 0.15) is 18.3 Å². The average Bonchev–Trinajstić information content (AvgIpc) is 2.93. The van der Waals surface area contributed by atoms with E-state index >= 15 is 0 Å². The molecule has 2 amide bonds. The number of likely N-dealkylation sites (N-methyl/N-ethyl adjacent to an activating group) is 1. The van der Waals surface area contributed by atoms with Crippen LogP contribution in [0.2, 0.25) is 10.0 Å². The van der Waals surface area contributed by atoms with E-state index in [4.69, 9.17) is 27.9 Å². The van der Waals surface area contributed by atoms with E-state index in [-0.39, 0.29) is 30.2 Å². The van der Waals surface area contributed by atoms with Crippen LogP contribution in [0.5, 0.6) is 5.75 Å². The standard InChI is InChI=1S/C28H31Cl2N3O5S/c1-4-24(28(35)31-3)32(18-21-22(29)14-11-15-23(21)30)27(34)19-33(25-16-9-10-17-26(25)38-5-2)39(36,37)20-12-7-6-8-13-20/h6-17,24H,4-5,18-19H2,1-3H3,(H,31,35)/t24-/m1/s1. The van der Waals surface area contributed by atoms with Crippen LogP contribution in [-0.4, -0.2) is 51.4 Å². The number of benzene rings is 3. The van der Waals surface area contributed by atoms with E-state index in [9.17, 15) is 18.0 Å². The fraction of sp³-hybridized carbons (Fsp3) is 0.286. The van der Waals surface area contributed by atoms with Gasteiger partial charge in [0.2, 0.25) is 11.8 Å². The largest absolute Gasteiger partial charge is 0.492 e. The van der Waals surface area contributed by atoms with Gasteiger partial charge in [0.15, 0.2) is 0 Å². The summed E-state index contributed by atoms with van der Waals surface area (Å²) in [6.45, 7) is 3.13. The van der Waals surface area contributed by atoms with E-state index in [2.05, 4.69) is 5.32 Å². The Kier molecular flexibility index (Phi) is 10.6. The average molecular weight is 593 g/mol. The summed E-state index contributed by atoms with van der Waals surface area (Å²) in [5.74, 6) is -0.722. The number of nitrogens with one attached hydrogen (secondary N) is 1. The molecule has 0 aliphatic rings. The first-order valence-electron chi connectivity index (χ1n) is 12.4. The molecule has 1 atom stereocenters. The zero-order valence-electron chi connectivity index (χ0n) is 21.9. The molecule has 0 aromatic heterocycles. The maximum Gasteiger partial charge on any atom is 0.264 e. The number of anilines is 1. The van der Waals surface area contributed by atoms with Gasteiger partial charge < -0.3 is 15.0 Å². The number of ether oxygens (including phenoxy) is 1. The van der Waals surface area contributed by atoms with Crippen LogP contribution in [0, 0.1) is 0 Å². The van der Waals surface area contributed by atoms with Crippen molar-refractivity contribution in [2.45, 2.75) is 37.8 Å². The SMILES string of the molecule is CCOc1ccccc1N(CC(=O)N(Cc1c(Cl)cccc1Cl)[C@H](CC)C(=O)NC)S(=O)(=O)c1ccccc1. The zero-order valence-corrected chi connectivity index (χ0v) is 24.3. The molecule has 0 unspecified atom stereocenters. The summed E-state index contributed by atoms with van der Waals surface area (Å²) >= 11 is 12.8. The molecule has 3 aromatic rings. The molecule has 0 saturated heterocycles. The van der Waals surface area contributed by atoms with E-state index in [0.717, 1.165) is 4.31 Å². The van der Waals surface area contributed by atoms with Gasteiger partial charge in [-0.25, -0.2) is 8.42 Å². The Morgan fingerprint density at radius 3 is 2.13 bits per heavy atom. The highest BCUT2D eigenvalue weighted by Gasteiger charge is 2.35. The number of sulfonamides is 1. The van der Waals surface area contributed by atoms with Crippen molar-refractivity contribution in [1.29, 1.82) is 0 Å². The summed E-state index contributed by atoms with van der Waals surface area (Å²) in [5, 5.41) is 3.23. The van der Waals surface area contributed by atoms with Gasteiger partial charge in [0.05, 0.1) is 17.2 Å². The molecule has 11 heteroatoms. The molecule has 208 valence electrons. The van der Waals surface area contributed by atoms with Crippen molar-refractivity contribution in [3.63, 3.8) is 0 Å². The fourth-order valence-electron chi connectivity index (χ4n) is 4.11. The molecule has 0 spiro atoms. The monoisotopic (exact) mass is 591 g/mol. The highest BCUT2D eigenvalue weighted by atomic mass is 35.5. The lowest BCUT2D eigenvalue weighted by Crippen LogP contribution is -2.51. The third-order valence-corrected chi connectivity index (χ3v) is 8.55. The lowest BCUT2D eigenvalue weighted by atomic mass is 10.1. The summed E-state index contributed by atoms with van der Waals surface area (Å²) < 4.78 is 34.6. The van der Waals surface area contributed by atoms with Crippen molar-refractivity contribution in [2.24, 2.45) is 0 Å². The zero-order chi connectivity index (χ0) is 28.6. The minimum atomic E-state index is -4.22. The van der Waals surface area contributed by atoms with Gasteiger partial charge in [0, 0.05) is 29.2 Å². The number of hydrogen-bond acceptors (Lipinski definition) is 5. The number of para-hydroxylation sites is 2. The molecule has 39 heavy (non-hydrogen) atoms. The maximum absolute atomic E-state index is 14.0. The van der Waals surface area contributed by atoms with Crippen molar-refractivity contribution in [3.05, 3.63) is 88.4 Å². The van der Waals surface area contributed by atoms with Gasteiger partial charge in [0.25, 0.3) is 10.0 Å². The first-order valence-corrected chi connectivity index (χ1v) is 14.6. The third kappa shape index (κ3) is 7.03. The number of carbonyl (C=O) groups is 2. The molecular weight excluding hydrogens is 561 g/mol. The predicted molar refractivity (Wildman–Crippen MR) is 154 cm³/mol. The molecule has 3 aromatic carbocycles. The summed E-state index contributed by atoms with van der Waals surface area (Å²) in [5.41, 5.74) is 0.643. The van der Waals surface area contributed by atoms with Gasteiger partial charge in [-0.2, -0.15) is 0 Å². The summed E-state index contributed by atoms with van der Waals surface area (Å²) in [6.07, 6.45) is 0.272. The van der Waals surface area contributed by atoms with Crippen molar-refractivity contribution in [1.82, 2.24) is 10.2 Å². The second kappa shape index (κ2) is 13.7. The summed E-state index contributed by atoms with van der Waals surface area (Å²) in [6, 6.07) is 18.4. The normalized spacial score (nSPS) is 11.9. The molecule has 3 rings (SSSR count). The molecule has 0 heterocycles. The van der Waals surface area contributed by atoms with Crippen molar-refractivity contribution in [3.8, 4) is 5.75 Å². The Bertz CT molecular complexity index is 1380. The molecule has 0 bridgehead atoms. The molecule has 0 saturated carbocycles. The molecular formula is C28H31Cl2N3O5S. The van der Waals surface area contributed by atoms with E-state index in [1.54, 1.807) is 74.5 Å². The Hall–Kier alpha value is -3.27. The quantitative estimate of drug-likeness (QED) is 0.314. The number of halogens is 2. The molecule has 0 radical (unpaired) electrons. The molecule has 0 aliphatic heterocycles. The number of rotatable bonds is 12. The van der Waals surface area contributed by atoms with Crippen LogP contribution in [0.3, 0.4) is 0 Å². The minimum absolute atomic E-state index is 0.00291. The third-order valence-electron chi connectivity index (χ3n) is 6.07. The Morgan fingerprint density at radius 2 is 1.54 bits per heavy atom. The Morgan fingerprint density at radius 1 is 0.923 bits per heavy atom. The van der Waals surface area contributed by atoms with Crippen molar-refractivity contribution in [2.75, 3.05) is 24.5 Å². The molecule has 8 nitrogen and oxygen atoms in total. The smallest absolute Gasteiger partial charge is 0.264 e. The number of hydrogen-bond donors (Lipinski definition) is 1. The van der Waals surface area contributed by atoms with Crippen LogP contribution >= 0.6 is 23.2 Å². The molecule has 0 fully saturated rings. The van der Waals surface area contributed by atoms with Gasteiger partial charge in [-0.05, 0) is 49.7 Å². The van der Waals surface area contributed by atoms with Crippen LogP contribution in [-0.2, 0) is 26.2 Å². The highest BCUT2D eigenvalue weighted by Crippen LogP contribution is 2.33. The van der Waals surface area contributed by atoms with Crippen LogP contribution in [0.15, 0.2) is 77.7 Å². The fourth-order valence-corrected chi connectivity index (χ4v) is 6.08. The van der Waals surface area contributed by atoms with E-state index in [1.165, 1.54) is 24.1 Å². The van der Waals surface area contributed by atoms with Gasteiger partial charge >= 0.3 is 0 Å².